The van der Waals surface area contributed by atoms with Crippen molar-refractivity contribution in [1.82, 2.24) is 15.0 Å². The fraction of sp³-hybridized carbons (Fsp3) is 0.250. The Morgan fingerprint density at radius 2 is 2.00 bits per heavy atom. The van der Waals surface area contributed by atoms with Gasteiger partial charge in [0.2, 0.25) is 5.28 Å². The number of nitrogens with zero attached hydrogens (tertiary/aromatic N) is 4. The van der Waals surface area contributed by atoms with Crippen molar-refractivity contribution >= 4 is 17.3 Å². The third-order valence-corrected chi connectivity index (χ3v) is 2.66. The highest BCUT2D eigenvalue weighted by Gasteiger charge is 2.16. The first-order chi connectivity index (χ1) is 10.0. The number of hydrogen-bond acceptors (Lipinski definition) is 7. The Bertz CT molecular complexity index is 680. The molecule has 0 saturated heterocycles. The highest BCUT2D eigenvalue weighted by molar-refractivity contribution is 6.28. The van der Waals surface area contributed by atoms with Crippen LogP contribution in [0.1, 0.15) is 12.5 Å². The standard InChI is InChI=1S/C12H11ClN4O4/c1-3-20-11-14-10(13)15-12(16-11)21-9-6-4-5-8(7(9)2)17(18)19/h4-6H,3H2,1-2H3. The van der Waals surface area contributed by atoms with Crippen molar-refractivity contribution in [3.63, 3.8) is 0 Å². The monoisotopic (exact) mass is 310 g/mol. The summed E-state index contributed by atoms with van der Waals surface area (Å²) in [5.41, 5.74) is 0.301. The van der Waals surface area contributed by atoms with Crippen LogP contribution < -0.4 is 9.47 Å². The van der Waals surface area contributed by atoms with Gasteiger partial charge in [0.15, 0.2) is 0 Å². The molecule has 9 heteroatoms. The maximum Gasteiger partial charge on any atom is 0.329 e. The summed E-state index contributed by atoms with van der Waals surface area (Å²) < 4.78 is 10.6. The van der Waals surface area contributed by atoms with Gasteiger partial charge in [0.25, 0.3) is 5.69 Å². The minimum atomic E-state index is -0.492. The Hall–Kier alpha value is -2.48. The molecule has 2 aromatic rings. The molecule has 0 atom stereocenters. The number of nitro groups is 1. The van der Waals surface area contributed by atoms with E-state index >= 15 is 0 Å². The van der Waals surface area contributed by atoms with Gasteiger partial charge in [0.1, 0.15) is 5.75 Å². The summed E-state index contributed by atoms with van der Waals surface area (Å²) in [7, 11) is 0. The lowest BCUT2D eigenvalue weighted by atomic mass is 10.2. The summed E-state index contributed by atoms with van der Waals surface area (Å²) in [4.78, 5) is 21.9. The quantitative estimate of drug-likeness (QED) is 0.618. The number of nitro benzene ring substituents is 1. The van der Waals surface area contributed by atoms with E-state index in [0.29, 0.717) is 12.2 Å². The number of halogens is 1. The van der Waals surface area contributed by atoms with Crippen molar-refractivity contribution in [3.05, 3.63) is 39.2 Å². The molecule has 1 heterocycles. The average Bonchev–Trinajstić information content (AvgIpc) is 2.40. The first kappa shape index (κ1) is 14.9. The lowest BCUT2D eigenvalue weighted by Gasteiger charge is -2.08. The van der Waals surface area contributed by atoms with Gasteiger partial charge in [-0.25, -0.2) is 0 Å². The molecule has 0 radical (unpaired) electrons. The first-order valence-corrected chi connectivity index (χ1v) is 6.35. The molecule has 0 aliphatic carbocycles. The van der Waals surface area contributed by atoms with E-state index in [1.54, 1.807) is 19.9 Å². The Balaban J connectivity index is 2.34. The van der Waals surface area contributed by atoms with E-state index in [9.17, 15) is 10.1 Å². The third-order valence-electron chi connectivity index (χ3n) is 2.49. The average molecular weight is 311 g/mol. The van der Waals surface area contributed by atoms with Crippen LogP contribution in [0.3, 0.4) is 0 Å². The smallest absolute Gasteiger partial charge is 0.329 e. The highest BCUT2D eigenvalue weighted by atomic mass is 35.5. The van der Waals surface area contributed by atoms with Crippen LogP contribution in [0, 0.1) is 17.0 Å². The number of ether oxygens (including phenoxy) is 2. The zero-order valence-electron chi connectivity index (χ0n) is 11.2. The topological polar surface area (TPSA) is 100 Å². The molecule has 0 unspecified atom stereocenters. The summed E-state index contributed by atoms with van der Waals surface area (Å²) in [6, 6.07) is 4.39. The SMILES string of the molecule is CCOc1nc(Cl)nc(Oc2cccc([N+](=O)[O-])c2C)n1. The number of rotatable bonds is 5. The van der Waals surface area contributed by atoms with E-state index in [0.717, 1.165) is 0 Å². The molecule has 1 aromatic heterocycles. The number of aromatic nitrogens is 3. The molecular weight excluding hydrogens is 300 g/mol. The van der Waals surface area contributed by atoms with E-state index < -0.39 is 4.92 Å². The van der Waals surface area contributed by atoms with Gasteiger partial charge in [-0.15, -0.1) is 4.98 Å². The van der Waals surface area contributed by atoms with Crippen LogP contribution in [0.15, 0.2) is 18.2 Å². The number of benzene rings is 1. The van der Waals surface area contributed by atoms with Crippen LogP contribution in [-0.4, -0.2) is 26.5 Å². The molecule has 8 nitrogen and oxygen atoms in total. The third kappa shape index (κ3) is 3.54. The molecule has 0 saturated carbocycles. The molecule has 0 amide bonds. The van der Waals surface area contributed by atoms with Gasteiger partial charge in [-0.05, 0) is 31.5 Å². The van der Waals surface area contributed by atoms with Crippen molar-refractivity contribution in [2.75, 3.05) is 6.61 Å². The molecule has 1 aromatic carbocycles. The second-order valence-corrected chi connectivity index (χ2v) is 4.20. The van der Waals surface area contributed by atoms with E-state index in [-0.39, 0.29) is 28.7 Å². The van der Waals surface area contributed by atoms with Crippen LogP contribution in [0.4, 0.5) is 5.69 Å². The second-order valence-electron chi connectivity index (χ2n) is 3.86. The molecular formula is C12H11ClN4O4. The van der Waals surface area contributed by atoms with Crippen molar-refractivity contribution in [2.24, 2.45) is 0 Å². The zero-order valence-corrected chi connectivity index (χ0v) is 12.0. The summed E-state index contributed by atoms with van der Waals surface area (Å²) in [5.74, 6) is 0.258. The summed E-state index contributed by atoms with van der Waals surface area (Å²) >= 11 is 5.74. The molecule has 0 spiro atoms. The van der Waals surface area contributed by atoms with Crippen molar-refractivity contribution in [3.8, 4) is 17.8 Å². The van der Waals surface area contributed by atoms with E-state index in [4.69, 9.17) is 21.1 Å². The molecule has 21 heavy (non-hydrogen) atoms. The van der Waals surface area contributed by atoms with Gasteiger partial charge in [-0.1, -0.05) is 6.07 Å². The molecule has 0 aliphatic rings. The van der Waals surface area contributed by atoms with Crippen LogP contribution in [-0.2, 0) is 0 Å². The summed E-state index contributed by atoms with van der Waals surface area (Å²) in [5, 5.41) is 10.8. The lowest BCUT2D eigenvalue weighted by molar-refractivity contribution is -0.385. The van der Waals surface area contributed by atoms with Gasteiger partial charge in [0.05, 0.1) is 17.1 Å². The molecule has 110 valence electrons. The van der Waals surface area contributed by atoms with Crippen LogP contribution >= 0.6 is 11.6 Å². The molecule has 0 N–H and O–H groups in total. The van der Waals surface area contributed by atoms with Crippen molar-refractivity contribution < 1.29 is 14.4 Å². The maximum atomic E-state index is 10.9. The van der Waals surface area contributed by atoms with Gasteiger partial charge >= 0.3 is 12.0 Å². The van der Waals surface area contributed by atoms with Crippen molar-refractivity contribution in [2.45, 2.75) is 13.8 Å². The van der Waals surface area contributed by atoms with Crippen LogP contribution in [0.25, 0.3) is 0 Å². The fourth-order valence-electron chi connectivity index (χ4n) is 1.56. The first-order valence-electron chi connectivity index (χ1n) is 5.97. The highest BCUT2D eigenvalue weighted by Crippen LogP contribution is 2.30. The Kier molecular flexibility index (Phi) is 4.49. The summed E-state index contributed by atoms with van der Waals surface area (Å²) in [6.07, 6.45) is 0. The van der Waals surface area contributed by atoms with Gasteiger partial charge < -0.3 is 9.47 Å². The second kappa shape index (κ2) is 6.31. The predicted molar refractivity (Wildman–Crippen MR) is 73.9 cm³/mol. The van der Waals surface area contributed by atoms with Crippen LogP contribution in [0.5, 0.6) is 17.8 Å². The Morgan fingerprint density at radius 1 is 1.29 bits per heavy atom. The predicted octanol–water partition coefficient (Wildman–Crippen LogP) is 2.93. The normalized spacial score (nSPS) is 10.2. The van der Waals surface area contributed by atoms with Gasteiger partial charge in [-0.2, -0.15) is 9.97 Å². The Labute approximate surface area is 124 Å². The largest absolute Gasteiger partial charge is 0.464 e. The Morgan fingerprint density at radius 3 is 2.67 bits per heavy atom. The van der Waals surface area contributed by atoms with Crippen LogP contribution in [0.2, 0.25) is 5.28 Å². The van der Waals surface area contributed by atoms with Crippen molar-refractivity contribution in [1.29, 1.82) is 0 Å². The van der Waals surface area contributed by atoms with E-state index in [1.165, 1.54) is 12.1 Å². The van der Waals surface area contributed by atoms with Gasteiger partial charge in [0, 0.05) is 6.07 Å². The number of hydrogen-bond donors (Lipinski definition) is 0. The van der Waals surface area contributed by atoms with Gasteiger partial charge in [-0.3, -0.25) is 10.1 Å². The molecule has 0 fully saturated rings. The molecule has 2 rings (SSSR count). The summed E-state index contributed by atoms with van der Waals surface area (Å²) in [6.45, 7) is 3.69. The van der Waals surface area contributed by atoms with E-state index in [1.807, 2.05) is 0 Å². The minimum absolute atomic E-state index is 0.0237. The zero-order chi connectivity index (χ0) is 15.4. The fourth-order valence-corrected chi connectivity index (χ4v) is 1.71. The minimum Gasteiger partial charge on any atom is -0.464 e. The molecule has 0 bridgehead atoms. The van der Waals surface area contributed by atoms with E-state index in [2.05, 4.69) is 15.0 Å². The molecule has 0 aliphatic heterocycles. The maximum absolute atomic E-state index is 10.9. The lowest BCUT2D eigenvalue weighted by Crippen LogP contribution is -2.02.